The van der Waals surface area contributed by atoms with Crippen molar-refractivity contribution in [1.82, 2.24) is 0 Å². The first kappa shape index (κ1) is 11.5. The summed E-state index contributed by atoms with van der Waals surface area (Å²) in [5.41, 5.74) is 1.54. The summed E-state index contributed by atoms with van der Waals surface area (Å²) in [5, 5.41) is 9.28. The summed E-state index contributed by atoms with van der Waals surface area (Å²) in [5.74, 6) is 0.182. The highest BCUT2D eigenvalue weighted by Crippen LogP contribution is 2.34. The topological polar surface area (TPSA) is 55.8 Å². The van der Waals surface area contributed by atoms with Gasteiger partial charge >= 0.3 is 5.97 Å². The smallest absolute Gasteiger partial charge is 0.314 e. The van der Waals surface area contributed by atoms with Crippen LogP contribution in [-0.4, -0.2) is 30.9 Å². The average molecular weight is 248 g/mol. The minimum Gasteiger partial charge on any atom is -0.493 e. The van der Waals surface area contributed by atoms with Crippen LogP contribution in [0.15, 0.2) is 18.2 Å². The lowest BCUT2D eigenvalue weighted by Crippen LogP contribution is -2.50. The fourth-order valence-corrected chi connectivity index (χ4v) is 2.56. The number of benzene rings is 1. The molecular weight excluding hydrogens is 232 g/mol. The van der Waals surface area contributed by atoms with E-state index in [4.69, 9.17) is 9.47 Å². The third kappa shape index (κ3) is 1.86. The highest BCUT2D eigenvalue weighted by Gasteiger charge is 2.46. The summed E-state index contributed by atoms with van der Waals surface area (Å²) < 4.78 is 10.6. The number of fused-ring (bicyclic) bond motifs is 1. The summed E-state index contributed by atoms with van der Waals surface area (Å²) in [6, 6.07) is 6.00. The van der Waals surface area contributed by atoms with Crippen molar-refractivity contribution in [2.24, 2.45) is 5.41 Å². The Morgan fingerprint density at radius 2 is 2.22 bits per heavy atom. The van der Waals surface area contributed by atoms with Gasteiger partial charge in [0.25, 0.3) is 0 Å². The van der Waals surface area contributed by atoms with E-state index >= 15 is 0 Å². The van der Waals surface area contributed by atoms with Crippen LogP contribution in [-0.2, 0) is 22.4 Å². The Morgan fingerprint density at radius 3 is 2.89 bits per heavy atom. The van der Waals surface area contributed by atoms with Crippen LogP contribution in [0.25, 0.3) is 0 Å². The molecule has 0 amide bonds. The molecule has 2 aliphatic heterocycles. The van der Waals surface area contributed by atoms with Crippen molar-refractivity contribution in [1.29, 1.82) is 0 Å². The largest absolute Gasteiger partial charge is 0.493 e. The number of aryl methyl sites for hydroxylation is 1. The van der Waals surface area contributed by atoms with Gasteiger partial charge in [-0.2, -0.15) is 0 Å². The van der Waals surface area contributed by atoms with Crippen LogP contribution in [0.1, 0.15) is 17.5 Å². The summed E-state index contributed by atoms with van der Waals surface area (Å²) in [4.78, 5) is 11.3. The summed E-state index contributed by atoms with van der Waals surface area (Å²) in [6.07, 6.45) is 2.58. The molecule has 0 aromatic heterocycles. The van der Waals surface area contributed by atoms with Crippen molar-refractivity contribution in [3.63, 3.8) is 0 Å². The van der Waals surface area contributed by atoms with Gasteiger partial charge in [0.05, 0.1) is 19.8 Å². The molecule has 3 rings (SSSR count). The minimum absolute atomic E-state index is 0.315. The number of carboxylic acids is 1. The Labute approximate surface area is 106 Å². The highest BCUT2D eigenvalue weighted by molar-refractivity contribution is 5.76. The normalized spacial score (nSPS) is 20.4. The zero-order valence-electron chi connectivity index (χ0n) is 10.1. The van der Waals surface area contributed by atoms with Gasteiger partial charge < -0.3 is 14.6 Å². The molecule has 18 heavy (non-hydrogen) atoms. The number of hydrogen-bond acceptors (Lipinski definition) is 3. The van der Waals surface area contributed by atoms with E-state index in [1.54, 1.807) is 0 Å². The molecule has 0 saturated carbocycles. The Bertz CT molecular complexity index is 477. The molecule has 0 spiro atoms. The predicted octanol–water partition coefficient (Wildman–Crippen LogP) is 1.66. The van der Waals surface area contributed by atoms with Crippen molar-refractivity contribution in [2.75, 3.05) is 19.8 Å². The third-order valence-electron chi connectivity index (χ3n) is 3.73. The quantitative estimate of drug-likeness (QED) is 0.883. The first-order chi connectivity index (χ1) is 8.70. The first-order valence-corrected chi connectivity index (χ1v) is 6.25. The minimum atomic E-state index is -0.761. The van der Waals surface area contributed by atoms with Crippen LogP contribution in [0.2, 0.25) is 0 Å². The van der Waals surface area contributed by atoms with E-state index in [1.807, 2.05) is 12.1 Å². The van der Waals surface area contributed by atoms with Gasteiger partial charge in [0.2, 0.25) is 0 Å². The number of aliphatic carboxylic acids is 1. The van der Waals surface area contributed by atoms with Gasteiger partial charge in [-0.25, -0.2) is 0 Å². The van der Waals surface area contributed by atoms with Crippen LogP contribution >= 0.6 is 0 Å². The molecule has 1 N–H and O–H groups in total. The molecule has 1 aromatic rings. The maximum absolute atomic E-state index is 11.3. The second kappa shape index (κ2) is 4.28. The van der Waals surface area contributed by atoms with Gasteiger partial charge in [-0.15, -0.1) is 0 Å². The van der Waals surface area contributed by atoms with E-state index in [9.17, 15) is 9.90 Å². The van der Waals surface area contributed by atoms with Crippen molar-refractivity contribution >= 4 is 5.97 Å². The molecule has 0 unspecified atom stereocenters. The molecule has 4 heteroatoms. The lowest BCUT2D eigenvalue weighted by Gasteiger charge is -2.37. The predicted molar refractivity (Wildman–Crippen MR) is 64.8 cm³/mol. The standard InChI is InChI=1S/C14H16O4/c15-13(16)14(8-17-9-14)7-10-3-4-12-11(6-10)2-1-5-18-12/h3-4,6H,1-2,5,7-9H2,(H,15,16). The van der Waals surface area contributed by atoms with Crippen molar-refractivity contribution in [2.45, 2.75) is 19.3 Å². The molecule has 4 nitrogen and oxygen atoms in total. The maximum Gasteiger partial charge on any atom is 0.314 e. The van der Waals surface area contributed by atoms with Crippen LogP contribution in [0.4, 0.5) is 0 Å². The second-order valence-corrected chi connectivity index (χ2v) is 5.15. The van der Waals surface area contributed by atoms with Crippen molar-refractivity contribution < 1.29 is 19.4 Å². The number of rotatable bonds is 3. The molecule has 0 bridgehead atoms. The number of hydrogen-bond donors (Lipinski definition) is 1. The molecule has 0 atom stereocenters. The van der Waals surface area contributed by atoms with Crippen LogP contribution < -0.4 is 4.74 Å². The second-order valence-electron chi connectivity index (χ2n) is 5.15. The maximum atomic E-state index is 11.3. The highest BCUT2D eigenvalue weighted by atomic mass is 16.5. The lowest BCUT2D eigenvalue weighted by atomic mass is 9.79. The number of carboxylic acid groups (broad SMARTS) is 1. The zero-order valence-corrected chi connectivity index (χ0v) is 10.1. The van der Waals surface area contributed by atoms with Crippen LogP contribution in [0.5, 0.6) is 5.75 Å². The Morgan fingerprint density at radius 1 is 1.39 bits per heavy atom. The Balaban J connectivity index is 1.82. The monoisotopic (exact) mass is 248 g/mol. The fourth-order valence-electron chi connectivity index (χ4n) is 2.56. The van der Waals surface area contributed by atoms with E-state index in [0.29, 0.717) is 19.6 Å². The van der Waals surface area contributed by atoms with Crippen LogP contribution in [0.3, 0.4) is 0 Å². The van der Waals surface area contributed by atoms with Gasteiger partial charge in [0.15, 0.2) is 0 Å². The molecule has 1 saturated heterocycles. The van der Waals surface area contributed by atoms with Crippen molar-refractivity contribution in [3.8, 4) is 5.75 Å². The van der Waals surface area contributed by atoms with Gasteiger partial charge in [0.1, 0.15) is 11.2 Å². The molecule has 0 radical (unpaired) electrons. The SMILES string of the molecule is O=C(O)C1(Cc2ccc3c(c2)CCCO3)COC1. The molecule has 2 heterocycles. The molecule has 0 aliphatic carbocycles. The van der Waals surface area contributed by atoms with Gasteiger partial charge in [-0.1, -0.05) is 12.1 Å². The van der Waals surface area contributed by atoms with E-state index in [1.165, 1.54) is 5.56 Å². The molecule has 1 fully saturated rings. The lowest BCUT2D eigenvalue weighted by molar-refractivity contribution is -0.179. The average Bonchev–Trinajstić information content (AvgIpc) is 2.33. The van der Waals surface area contributed by atoms with Gasteiger partial charge in [-0.3, -0.25) is 4.79 Å². The fraction of sp³-hybridized carbons (Fsp3) is 0.500. The summed E-state index contributed by atoms with van der Waals surface area (Å²) >= 11 is 0. The Kier molecular flexibility index (Phi) is 2.74. The summed E-state index contributed by atoms with van der Waals surface area (Å²) in [6.45, 7) is 1.41. The molecule has 2 aliphatic rings. The third-order valence-corrected chi connectivity index (χ3v) is 3.73. The van der Waals surface area contributed by atoms with E-state index in [0.717, 1.165) is 30.8 Å². The van der Waals surface area contributed by atoms with Gasteiger partial charge in [0, 0.05) is 0 Å². The number of ether oxygens (including phenoxy) is 2. The Hall–Kier alpha value is -1.55. The number of carbonyl (C=O) groups is 1. The van der Waals surface area contributed by atoms with Crippen LogP contribution in [0, 0.1) is 5.41 Å². The van der Waals surface area contributed by atoms with Crippen molar-refractivity contribution in [3.05, 3.63) is 29.3 Å². The molecule has 1 aromatic carbocycles. The van der Waals surface area contributed by atoms with E-state index < -0.39 is 11.4 Å². The van der Waals surface area contributed by atoms with Gasteiger partial charge in [-0.05, 0) is 36.5 Å². The first-order valence-electron chi connectivity index (χ1n) is 6.25. The molecule has 96 valence electrons. The van der Waals surface area contributed by atoms with E-state index in [2.05, 4.69) is 6.07 Å². The van der Waals surface area contributed by atoms with E-state index in [-0.39, 0.29) is 0 Å². The summed E-state index contributed by atoms with van der Waals surface area (Å²) in [7, 11) is 0. The zero-order chi connectivity index (χ0) is 12.6. The molecular formula is C14H16O4.